The molecule has 0 bridgehead atoms. The van der Waals surface area contributed by atoms with E-state index in [1.165, 1.54) is 0 Å². The number of carbonyl (C=O) groups is 1. The Bertz CT molecular complexity index is 300. The number of pyridine rings is 1. The average Bonchev–Trinajstić information content (AvgIpc) is 2.27. The normalized spacial score (nSPS) is 10.0. The van der Waals surface area contributed by atoms with E-state index in [-0.39, 0.29) is 5.91 Å². The summed E-state index contributed by atoms with van der Waals surface area (Å²) in [6, 6.07) is 5.79. The third kappa shape index (κ3) is 4.08. The fraction of sp³-hybridized carbons (Fsp3) is 0.455. The van der Waals surface area contributed by atoms with Crippen molar-refractivity contribution in [3.63, 3.8) is 0 Å². The Morgan fingerprint density at radius 3 is 2.93 bits per heavy atom. The minimum absolute atomic E-state index is 0.0911. The van der Waals surface area contributed by atoms with Crippen LogP contribution in [0.15, 0.2) is 24.4 Å². The first-order valence-corrected chi connectivity index (χ1v) is 5.08. The third-order valence-electron chi connectivity index (χ3n) is 2.21. The molecular formula is C11H17N3O. The number of nitrogens with two attached hydrogens (primary N) is 1. The lowest BCUT2D eigenvalue weighted by Crippen LogP contribution is -2.30. The van der Waals surface area contributed by atoms with E-state index in [2.05, 4.69) is 4.98 Å². The molecule has 0 aliphatic carbocycles. The summed E-state index contributed by atoms with van der Waals surface area (Å²) in [7, 11) is 1.79. The van der Waals surface area contributed by atoms with E-state index in [4.69, 9.17) is 5.73 Å². The molecule has 4 heteroatoms. The number of amides is 1. The lowest BCUT2D eigenvalue weighted by atomic mass is 10.2. The summed E-state index contributed by atoms with van der Waals surface area (Å²) in [6.07, 6.45) is 2.96. The van der Waals surface area contributed by atoms with Gasteiger partial charge in [-0.1, -0.05) is 6.07 Å². The first kappa shape index (κ1) is 11.7. The average molecular weight is 207 g/mol. The SMILES string of the molecule is CN(CCc1ccccn1)C(=O)CCN. The molecule has 1 rings (SSSR count). The fourth-order valence-electron chi connectivity index (χ4n) is 1.27. The minimum Gasteiger partial charge on any atom is -0.345 e. The number of carbonyl (C=O) groups excluding carboxylic acids is 1. The first-order chi connectivity index (χ1) is 7.24. The van der Waals surface area contributed by atoms with Gasteiger partial charge < -0.3 is 10.6 Å². The molecule has 1 heterocycles. The van der Waals surface area contributed by atoms with E-state index < -0.39 is 0 Å². The third-order valence-corrected chi connectivity index (χ3v) is 2.21. The molecule has 2 N–H and O–H groups in total. The summed E-state index contributed by atoms with van der Waals surface area (Å²) in [5.41, 5.74) is 6.32. The van der Waals surface area contributed by atoms with Crippen molar-refractivity contribution in [2.24, 2.45) is 5.73 Å². The van der Waals surface area contributed by atoms with Gasteiger partial charge in [-0.3, -0.25) is 9.78 Å². The van der Waals surface area contributed by atoms with Gasteiger partial charge in [-0.25, -0.2) is 0 Å². The molecule has 1 aromatic rings. The first-order valence-electron chi connectivity index (χ1n) is 5.08. The van der Waals surface area contributed by atoms with Crippen LogP contribution in [0.3, 0.4) is 0 Å². The van der Waals surface area contributed by atoms with Crippen molar-refractivity contribution >= 4 is 5.91 Å². The van der Waals surface area contributed by atoms with Gasteiger partial charge in [-0.15, -0.1) is 0 Å². The molecule has 4 nitrogen and oxygen atoms in total. The molecule has 0 saturated heterocycles. The minimum atomic E-state index is 0.0911. The van der Waals surface area contributed by atoms with Crippen molar-refractivity contribution in [3.8, 4) is 0 Å². The van der Waals surface area contributed by atoms with Crippen LogP contribution in [0.2, 0.25) is 0 Å². The van der Waals surface area contributed by atoms with Crippen LogP contribution in [-0.2, 0) is 11.2 Å². The molecular weight excluding hydrogens is 190 g/mol. The quantitative estimate of drug-likeness (QED) is 0.761. The fourth-order valence-corrected chi connectivity index (χ4v) is 1.27. The zero-order chi connectivity index (χ0) is 11.1. The molecule has 1 aromatic heterocycles. The highest BCUT2D eigenvalue weighted by Gasteiger charge is 2.06. The Morgan fingerprint density at radius 2 is 2.33 bits per heavy atom. The Kier molecular flexibility index (Phi) is 4.77. The largest absolute Gasteiger partial charge is 0.345 e. The summed E-state index contributed by atoms with van der Waals surface area (Å²) in [5.74, 6) is 0.0911. The molecule has 0 saturated carbocycles. The highest BCUT2D eigenvalue weighted by atomic mass is 16.2. The molecule has 0 radical (unpaired) electrons. The Hall–Kier alpha value is -1.42. The summed E-state index contributed by atoms with van der Waals surface area (Å²) >= 11 is 0. The van der Waals surface area contributed by atoms with Gasteiger partial charge >= 0.3 is 0 Å². The van der Waals surface area contributed by atoms with Gasteiger partial charge in [0.25, 0.3) is 0 Å². The number of likely N-dealkylation sites (N-methyl/N-ethyl adjacent to an activating group) is 1. The monoisotopic (exact) mass is 207 g/mol. The highest BCUT2D eigenvalue weighted by molar-refractivity contribution is 5.75. The van der Waals surface area contributed by atoms with Gasteiger partial charge in [-0.05, 0) is 12.1 Å². The molecule has 0 atom stereocenters. The van der Waals surface area contributed by atoms with Gasteiger partial charge in [0, 0.05) is 44.9 Å². The second-order valence-electron chi connectivity index (χ2n) is 3.43. The highest BCUT2D eigenvalue weighted by Crippen LogP contribution is 1.97. The van der Waals surface area contributed by atoms with Crippen molar-refractivity contribution in [1.29, 1.82) is 0 Å². The van der Waals surface area contributed by atoms with E-state index in [9.17, 15) is 4.79 Å². The summed E-state index contributed by atoms with van der Waals surface area (Å²) < 4.78 is 0. The maximum absolute atomic E-state index is 11.4. The van der Waals surface area contributed by atoms with Gasteiger partial charge in [0.2, 0.25) is 5.91 Å². The van der Waals surface area contributed by atoms with Crippen molar-refractivity contribution in [2.45, 2.75) is 12.8 Å². The van der Waals surface area contributed by atoms with Crippen molar-refractivity contribution < 1.29 is 4.79 Å². The van der Waals surface area contributed by atoms with Crippen LogP contribution in [0.5, 0.6) is 0 Å². The van der Waals surface area contributed by atoms with E-state index >= 15 is 0 Å². The maximum atomic E-state index is 11.4. The van der Waals surface area contributed by atoms with Gasteiger partial charge in [-0.2, -0.15) is 0 Å². The molecule has 0 aromatic carbocycles. The number of hydrogen-bond donors (Lipinski definition) is 1. The lowest BCUT2D eigenvalue weighted by molar-refractivity contribution is -0.129. The number of hydrogen-bond acceptors (Lipinski definition) is 3. The van der Waals surface area contributed by atoms with Crippen molar-refractivity contribution in [3.05, 3.63) is 30.1 Å². The standard InChI is InChI=1S/C11H17N3O/c1-14(11(15)5-7-12)9-6-10-4-2-3-8-13-10/h2-4,8H,5-7,9,12H2,1H3. The van der Waals surface area contributed by atoms with Crippen LogP contribution in [-0.4, -0.2) is 35.9 Å². The van der Waals surface area contributed by atoms with Crippen LogP contribution in [0.25, 0.3) is 0 Å². The van der Waals surface area contributed by atoms with Crippen LogP contribution in [0.4, 0.5) is 0 Å². The smallest absolute Gasteiger partial charge is 0.223 e. The summed E-state index contributed by atoms with van der Waals surface area (Å²) in [5, 5.41) is 0. The van der Waals surface area contributed by atoms with E-state index in [1.807, 2.05) is 18.2 Å². The topological polar surface area (TPSA) is 59.2 Å². The Labute approximate surface area is 90.1 Å². The van der Waals surface area contributed by atoms with Gasteiger partial charge in [0.05, 0.1) is 0 Å². The number of nitrogens with zero attached hydrogens (tertiary/aromatic N) is 2. The van der Waals surface area contributed by atoms with Crippen LogP contribution >= 0.6 is 0 Å². The zero-order valence-electron chi connectivity index (χ0n) is 9.02. The molecule has 15 heavy (non-hydrogen) atoms. The zero-order valence-corrected chi connectivity index (χ0v) is 9.02. The van der Waals surface area contributed by atoms with Gasteiger partial charge in [0.1, 0.15) is 0 Å². The Balaban J connectivity index is 2.34. The van der Waals surface area contributed by atoms with Crippen LogP contribution < -0.4 is 5.73 Å². The molecule has 0 spiro atoms. The van der Waals surface area contributed by atoms with Crippen LogP contribution in [0.1, 0.15) is 12.1 Å². The van der Waals surface area contributed by atoms with Gasteiger partial charge in [0.15, 0.2) is 0 Å². The summed E-state index contributed by atoms with van der Waals surface area (Å²) in [4.78, 5) is 17.3. The van der Waals surface area contributed by atoms with E-state index in [1.54, 1.807) is 18.1 Å². The molecule has 0 aliphatic rings. The molecule has 1 amide bonds. The van der Waals surface area contributed by atoms with Crippen molar-refractivity contribution in [2.75, 3.05) is 20.1 Å². The number of aromatic nitrogens is 1. The Morgan fingerprint density at radius 1 is 1.53 bits per heavy atom. The van der Waals surface area contributed by atoms with Crippen molar-refractivity contribution in [1.82, 2.24) is 9.88 Å². The second kappa shape index (κ2) is 6.14. The predicted molar refractivity (Wildman–Crippen MR) is 59.2 cm³/mol. The number of rotatable bonds is 5. The lowest BCUT2D eigenvalue weighted by Gasteiger charge is -2.16. The predicted octanol–water partition coefficient (Wildman–Crippen LogP) is 0.431. The molecule has 0 aliphatic heterocycles. The van der Waals surface area contributed by atoms with Crippen LogP contribution in [0, 0.1) is 0 Å². The summed E-state index contributed by atoms with van der Waals surface area (Å²) in [6.45, 7) is 1.10. The van der Waals surface area contributed by atoms with E-state index in [0.29, 0.717) is 19.5 Å². The molecule has 0 unspecified atom stereocenters. The molecule has 82 valence electrons. The van der Waals surface area contributed by atoms with E-state index in [0.717, 1.165) is 12.1 Å². The maximum Gasteiger partial charge on any atom is 0.223 e. The second-order valence-corrected chi connectivity index (χ2v) is 3.43. The molecule has 0 fully saturated rings.